The first-order valence-corrected chi connectivity index (χ1v) is 6.82. The zero-order chi connectivity index (χ0) is 15.1. The van der Waals surface area contributed by atoms with Crippen molar-refractivity contribution in [3.63, 3.8) is 0 Å². The number of hydrogen-bond acceptors (Lipinski definition) is 3. The van der Waals surface area contributed by atoms with Crippen molar-refractivity contribution < 1.29 is 14.6 Å². The molecule has 108 valence electrons. The second-order valence-electron chi connectivity index (χ2n) is 5.40. The lowest BCUT2D eigenvalue weighted by Gasteiger charge is -2.20. The van der Waals surface area contributed by atoms with E-state index in [0.29, 0.717) is 26.6 Å². The van der Waals surface area contributed by atoms with Crippen LogP contribution in [0.2, 0.25) is 10.0 Å². The minimum absolute atomic E-state index is 0.319. The van der Waals surface area contributed by atoms with Crippen LogP contribution in [0.5, 0.6) is 0 Å². The van der Waals surface area contributed by atoms with Crippen molar-refractivity contribution in [1.29, 1.82) is 0 Å². The van der Waals surface area contributed by atoms with Gasteiger partial charge in [-0.2, -0.15) is 0 Å². The highest BCUT2D eigenvalue weighted by molar-refractivity contribution is 6.40. The van der Waals surface area contributed by atoms with E-state index in [-0.39, 0.29) is 6.61 Å². The van der Waals surface area contributed by atoms with Gasteiger partial charge in [0.1, 0.15) is 5.60 Å². The van der Waals surface area contributed by atoms with Crippen LogP contribution in [0.3, 0.4) is 0 Å². The van der Waals surface area contributed by atoms with Crippen molar-refractivity contribution >= 4 is 40.2 Å². The number of ether oxygens (including phenoxy) is 1. The number of halogens is 2. The lowest BCUT2D eigenvalue weighted by Crippen LogP contribution is -2.28. The van der Waals surface area contributed by atoms with Gasteiger partial charge < -0.3 is 9.84 Å². The molecule has 0 radical (unpaired) electrons. The van der Waals surface area contributed by atoms with Gasteiger partial charge in [-0.25, -0.2) is 9.36 Å². The van der Waals surface area contributed by atoms with Crippen LogP contribution < -0.4 is 0 Å². The number of carbonyl (C=O) groups excluding carboxylic acids is 1. The van der Waals surface area contributed by atoms with Crippen LogP contribution in [0, 0.1) is 0 Å². The van der Waals surface area contributed by atoms with Crippen molar-refractivity contribution in [1.82, 2.24) is 4.57 Å². The Hall–Kier alpha value is -1.23. The molecule has 0 bridgehead atoms. The van der Waals surface area contributed by atoms with Gasteiger partial charge >= 0.3 is 6.09 Å². The Bertz CT molecular complexity index is 671. The minimum Gasteiger partial charge on any atom is -0.443 e. The van der Waals surface area contributed by atoms with E-state index in [0.717, 1.165) is 0 Å². The Kier molecular flexibility index (Phi) is 4.00. The van der Waals surface area contributed by atoms with Gasteiger partial charge in [-0.1, -0.05) is 23.2 Å². The average Bonchev–Trinajstić information content (AvgIpc) is 2.72. The number of rotatable bonds is 1. The van der Waals surface area contributed by atoms with Gasteiger partial charge in [0.15, 0.2) is 0 Å². The van der Waals surface area contributed by atoms with E-state index in [9.17, 15) is 9.90 Å². The number of aliphatic hydroxyl groups excluding tert-OH is 1. The fourth-order valence-electron chi connectivity index (χ4n) is 1.93. The summed E-state index contributed by atoms with van der Waals surface area (Å²) in [4.78, 5) is 12.3. The zero-order valence-corrected chi connectivity index (χ0v) is 12.9. The molecule has 0 amide bonds. The van der Waals surface area contributed by atoms with E-state index in [4.69, 9.17) is 27.9 Å². The first-order chi connectivity index (χ1) is 9.24. The van der Waals surface area contributed by atoms with Crippen molar-refractivity contribution in [3.8, 4) is 0 Å². The number of carbonyl (C=O) groups is 1. The van der Waals surface area contributed by atoms with Crippen LogP contribution in [0.15, 0.2) is 18.2 Å². The van der Waals surface area contributed by atoms with Crippen LogP contribution in [0.25, 0.3) is 10.9 Å². The molecule has 1 N–H and O–H groups in total. The van der Waals surface area contributed by atoms with Gasteiger partial charge in [0.05, 0.1) is 27.9 Å². The Morgan fingerprint density at radius 1 is 1.30 bits per heavy atom. The number of fused-ring (bicyclic) bond motifs is 1. The SMILES string of the molecule is CC(C)(C)OC(=O)n1c(CO)cc2c(Cl)ccc(Cl)c21. The predicted octanol–water partition coefficient (Wildman–Crippen LogP) is 4.22. The fraction of sp³-hybridized carbons (Fsp3) is 0.357. The molecule has 0 saturated carbocycles. The molecule has 1 heterocycles. The van der Waals surface area contributed by atoms with Crippen molar-refractivity contribution in [2.45, 2.75) is 33.0 Å². The van der Waals surface area contributed by atoms with Gasteiger partial charge in [0.2, 0.25) is 0 Å². The topological polar surface area (TPSA) is 51.5 Å². The maximum absolute atomic E-state index is 12.3. The molecule has 20 heavy (non-hydrogen) atoms. The van der Waals surface area contributed by atoms with E-state index in [2.05, 4.69) is 0 Å². The second kappa shape index (κ2) is 5.28. The van der Waals surface area contributed by atoms with Crippen molar-refractivity contribution in [2.24, 2.45) is 0 Å². The average molecular weight is 316 g/mol. The maximum atomic E-state index is 12.3. The van der Waals surface area contributed by atoms with Gasteiger partial charge in [0.25, 0.3) is 0 Å². The molecule has 0 fully saturated rings. The van der Waals surface area contributed by atoms with Gasteiger partial charge in [0, 0.05) is 5.39 Å². The lowest BCUT2D eigenvalue weighted by atomic mass is 10.2. The third kappa shape index (κ3) is 2.77. The Balaban J connectivity index is 2.68. The molecular formula is C14H15Cl2NO3. The molecule has 0 aliphatic carbocycles. The first-order valence-electron chi connectivity index (χ1n) is 6.07. The Morgan fingerprint density at radius 3 is 2.45 bits per heavy atom. The molecule has 0 unspecified atom stereocenters. The monoisotopic (exact) mass is 315 g/mol. The zero-order valence-electron chi connectivity index (χ0n) is 11.4. The molecular weight excluding hydrogens is 301 g/mol. The third-order valence-electron chi connectivity index (χ3n) is 2.67. The molecule has 4 nitrogen and oxygen atoms in total. The Morgan fingerprint density at radius 2 is 1.90 bits per heavy atom. The number of nitrogens with zero attached hydrogens (tertiary/aromatic N) is 1. The van der Waals surface area contributed by atoms with Crippen LogP contribution in [-0.4, -0.2) is 21.4 Å². The van der Waals surface area contributed by atoms with Gasteiger partial charge in [-0.15, -0.1) is 0 Å². The summed E-state index contributed by atoms with van der Waals surface area (Å²) >= 11 is 12.3. The molecule has 0 aliphatic heterocycles. The van der Waals surface area contributed by atoms with Crippen LogP contribution in [0.1, 0.15) is 26.5 Å². The molecule has 0 spiro atoms. The van der Waals surface area contributed by atoms with E-state index < -0.39 is 11.7 Å². The first kappa shape index (κ1) is 15.2. The summed E-state index contributed by atoms with van der Waals surface area (Å²) in [6.07, 6.45) is -0.597. The molecule has 0 atom stereocenters. The summed E-state index contributed by atoms with van der Waals surface area (Å²) < 4.78 is 6.60. The maximum Gasteiger partial charge on any atom is 0.419 e. The van der Waals surface area contributed by atoms with Crippen LogP contribution in [-0.2, 0) is 11.3 Å². The van der Waals surface area contributed by atoms with Crippen LogP contribution in [0.4, 0.5) is 4.79 Å². The smallest absolute Gasteiger partial charge is 0.419 e. The molecule has 2 rings (SSSR count). The lowest BCUT2D eigenvalue weighted by molar-refractivity contribution is 0.0533. The van der Waals surface area contributed by atoms with Crippen molar-refractivity contribution in [2.75, 3.05) is 0 Å². The molecule has 6 heteroatoms. The number of benzene rings is 1. The summed E-state index contributed by atoms with van der Waals surface area (Å²) in [5.41, 5.74) is 0.174. The number of aliphatic hydroxyl groups is 1. The molecule has 1 aromatic heterocycles. The highest BCUT2D eigenvalue weighted by Gasteiger charge is 2.23. The summed E-state index contributed by atoms with van der Waals surface area (Å²) in [5.74, 6) is 0. The van der Waals surface area contributed by atoms with Gasteiger partial charge in [-0.05, 0) is 39.0 Å². The van der Waals surface area contributed by atoms with E-state index in [1.54, 1.807) is 39.0 Å². The Labute approximate surface area is 126 Å². The second-order valence-corrected chi connectivity index (χ2v) is 6.22. The number of aromatic nitrogens is 1. The van der Waals surface area contributed by atoms with E-state index in [1.807, 2.05) is 0 Å². The summed E-state index contributed by atoms with van der Waals surface area (Å²) in [6, 6.07) is 4.88. The largest absolute Gasteiger partial charge is 0.443 e. The van der Waals surface area contributed by atoms with Crippen molar-refractivity contribution in [3.05, 3.63) is 33.9 Å². The van der Waals surface area contributed by atoms with E-state index >= 15 is 0 Å². The molecule has 1 aromatic carbocycles. The summed E-state index contributed by atoms with van der Waals surface area (Å²) in [7, 11) is 0. The molecule has 2 aromatic rings. The minimum atomic E-state index is -0.647. The predicted molar refractivity (Wildman–Crippen MR) is 79.5 cm³/mol. The summed E-state index contributed by atoms with van der Waals surface area (Å²) in [6.45, 7) is 4.98. The number of hydrogen-bond donors (Lipinski definition) is 1. The van der Waals surface area contributed by atoms with Crippen LogP contribution >= 0.6 is 23.2 Å². The highest BCUT2D eigenvalue weighted by Crippen LogP contribution is 2.33. The molecule has 0 saturated heterocycles. The standard InChI is InChI=1S/C14H15Cl2NO3/c1-14(2,3)20-13(19)17-8(7-18)6-9-10(15)4-5-11(16)12(9)17/h4-6,18H,7H2,1-3H3. The fourth-order valence-corrected chi connectivity index (χ4v) is 2.38. The molecule has 0 aliphatic rings. The normalized spacial score (nSPS) is 11.9. The highest BCUT2D eigenvalue weighted by atomic mass is 35.5. The van der Waals surface area contributed by atoms with E-state index in [1.165, 1.54) is 4.57 Å². The van der Waals surface area contributed by atoms with Gasteiger partial charge in [-0.3, -0.25) is 0 Å². The third-order valence-corrected chi connectivity index (χ3v) is 3.31. The summed E-state index contributed by atoms with van der Waals surface area (Å²) in [5, 5.41) is 10.9. The quantitative estimate of drug-likeness (QED) is 0.857.